The van der Waals surface area contributed by atoms with E-state index in [1.165, 1.54) is 0 Å². The lowest BCUT2D eigenvalue weighted by Crippen LogP contribution is -2.06. The van der Waals surface area contributed by atoms with Gasteiger partial charge in [-0.1, -0.05) is 48.0 Å². The molecule has 0 unspecified atom stereocenters. The monoisotopic (exact) mass is 506 g/mol. The summed E-state index contributed by atoms with van der Waals surface area (Å²) < 4.78 is 2.12. The summed E-state index contributed by atoms with van der Waals surface area (Å²) in [7, 11) is 0. The maximum atomic E-state index is 12.7. The van der Waals surface area contributed by atoms with Crippen LogP contribution < -0.4 is 5.56 Å². The summed E-state index contributed by atoms with van der Waals surface area (Å²) >= 11 is 8.02. The van der Waals surface area contributed by atoms with Gasteiger partial charge in [0, 0.05) is 51.1 Å². The number of nitrogens with zero attached hydrogens (tertiary/aromatic N) is 3. The summed E-state index contributed by atoms with van der Waals surface area (Å²) in [6.07, 6.45) is 5.39. The first-order valence-electron chi connectivity index (χ1n) is 11.3. The standard InChI is InChI=1S/C29H19ClN4OS/c30-25-11-5-4-10-23(25)26-15-20(16-28(35)33-26)22-12-14-32-29-24(22)17-27(19-7-6-13-31-18-19)34(29)36-21-8-2-1-3-9-21/h1-18H,(H,33,35). The van der Waals surface area contributed by atoms with Crippen LogP contribution in [0.15, 0.2) is 119 Å². The highest BCUT2D eigenvalue weighted by Crippen LogP contribution is 2.38. The molecular formula is C29H19ClN4OS. The molecule has 6 rings (SSSR count). The van der Waals surface area contributed by atoms with E-state index >= 15 is 0 Å². The summed E-state index contributed by atoms with van der Waals surface area (Å²) in [4.78, 5) is 25.8. The molecule has 36 heavy (non-hydrogen) atoms. The van der Waals surface area contributed by atoms with Crippen molar-refractivity contribution >= 4 is 34.6 Å². The molecular weight excluding hydrogens is 488 g/mol. The molecule has 0 saturated heterocycles. The van der Waals surface area contributed by atoms with Crippen LogP contribution in [0.3, 0.4) is 0 Å². The highest BCUT2D eigenvalue weighted by molar-refractivity contribution is 7.98. The Kier molecular flexibility index (Phi) is 5.89. The lowest BCUT2D eigenvalue weighted by molar-refractivity contribution is 1.23. The van der Waals surface area contributed by atoms with Crippen LogP contribution in [0.25, 0.3) is 44.7 Å². The van der Waals surface area contributed by atoms with Crippen LogP contribution in [0.5, 0.6) is 0 Å². The molecule has 0 radical (unpaired) electrons. The smallest absolute Gasteiger partial charge is 0.249 e. The Labute approximate surface area is 216 Å². The van der Waals surface area contributed by atoms with Gasteiger partial charge in [-0.05, 0) is 71.6 Å². The van der Waals surface area contributed by atoms with E-state index in [1.807, 2.05) is 72.9 Å². The molecule has 0 atom stereocenters. The van der Waals surface area contributed by atoms with Crippen molar-refractivity contribution in [2.45, 2.75) is 4.90 Å². The molecule has 1 N–H and O–H groups in total. The predicted octanol–water partition coefficient (Wildman–Crippen LogP) is 7.33. The van der Waals surface area contributed by atoms with Crippen LogP contribution in [-0.2, 0) is 0 Å². The minimum atomic E-state index is -0.196. The average Bonchev–Trinajstić information content (AvgIpc) is 3.28. The van der Waals surface area contributed by atoms with Gasteiger partial charge in [-0.25, -0.2) is 4.98 Å². The van der Waals surface area contributed by atoms with Gasteiger partial charge in [0.15, 0.2) is 5.65 Å². The summed E-state index contributed by atoms with van der Waals surface area (Å²) in [6, 6.07) is 29.2. The molecule has 0 aliphatic heterocycles. The third-order valence-electron chi connectivity index (χ3n) is 5.88. The van der Waals surface area contributed by atoms with Crippen molar-refractivity contribution in [3.63, 3.8) is 0 Å². The number of fused-ring (bicyclic) bond motifs is 1. The zero-order valence-electron chi connectivity index (χ0n) is 18.9. The lowest BCUT2D eigenvalue weighted by atomic mass is 10.0. The molecule has 0 aliphatic carbocycles. The minimum Gasteiger partial charge on any atom is -0.322 e. The highest BCUT2D eigenvalue weighted by Gasteiger charge is 2.18. The number of H-pyrrole nitrogens is 1. The van der Waals surface area contributed by atoms with Gasteiger partial charge in [0.05, 0.1) is 11.4 Å². The number of nitrogens with one attached hydrogen (secondary N) is 1. The zero-order chi connectivity index (χ0) is 24.5. The SMILES string of the molecule is O=c1cc(-c2ccnc3c2cc(-c2cccnc2)n3Sc2ccccc2)cc(-c2ccccc2Cl)[nH]1. The largest absolute Gasteiger partial charge is 0.322 e. The maximum Gasteiger partial charge on any atom is 0.249 e. The van der Waals surface area contributed by atoms with E-state index in [9.17, 15) is 4.79 Å². The minimum absolute atomic E-state index is 0.196. The predicted molar refractivity (Wildman–Crippen MR) is 147 cm³/mol. The number of pyridine rings is 3. The second-order valence-electron chi connectivity index (χ2n) is 8.19. The molecule has 0 saturated carbocycles. The topological polar surface area (TPSA) is 63.6 Å². The Morgan fingerprint density at radius 3 is 2.44 bits per heavy atom. The van der Waals surface area contributed by atoms with E-state index in [1.54, 1.807) is 30.4 Å². The highest BCUT2D eigenvalue weighted by atomic mass is 35.5. The van der Waals surface area contributed by atoms with Crippen LogP contribution in [-0.4, -0.2) is 18.9 Å². The van der Waals surface area contributed by atoms with Crippen molar-refractivity contribution in [2.75, 3.05) is 0 Å². The first-order chi connectivity index (χ1) is 17.7. The Balaban J connectivity index is 1.57. The van der Waals surface area contributed by atoms with Gasteiger partial charge in [-0.3, -0.25) is 13.8 Å². The van der Waals surface area contributed by atoms with E-state index in [0.717, 1.165) is 43.9 Å². The van der Waals surface area contributed by atoms with Crippen LogP contribution in [0, 0.1) is 0 Å². The summed E-state index contributed by atoms with van der Waals surface area (Å²) in [5.41, 5.74) is 5.71. The van der Waals surface area contributed by atoms with Gasteiger partial charge in [0.1, 0.15) is 0 Å². The van der Waals surface area contributed by atoms with E-state index in [0.29, 0.717) is 10.7 Å². The van der Waals surface area contributed by atoms with Crippen molar-refractivity contribution in [1.29, 1.82) is 0 Å². The fraction of sp³-hybridized carbons (Fsp3) is 0. The second kappa shape index (κ2) is 9.49. The third-order valence-corrected chi connectivity index (χ3v) is 7.24. The Morgan fingerprint density at radius 2 is 1.64 bits per heavy atom. The number of benzene rings is 2. The van der Waals surface area contributed by atoms with Crippen LogP contribution >= 0.6 is 23.5 Å². The Bertz CT molecular complexity index is 1750. The second-order valence-corrected chi connectivity index (χ2v) is 9.62. The average molecular weight is 507 g/mol. The molecule has 0 spiro atoms. The lowest BCUT2D eigenvalue weighted by Gasteiger charge is -2.10. The van der Waals surface area contributed by atoms with E-state index < -0.39 is 0 Å². The van der Waals surface area contributed by atoms with Gasteiger partial charge in [0.2, 0.25) is 5.56 Å². The van der Waals surface area contributed by atoms with Crippen molar-refractivity contribution in [3.05, 3.63) is 125 Å². The van der Waals surface area contributed by atoms with Crippen LogP contribution in [0.2, 0.25) is 5.02 Å². The molecule has 0 amide bonds. The molecule has 6 aromatic rings. The molecule has 4 aromatic heterocycles. The Morgan fingerprint density at radius 1 is 0.806 bits per heavy atom. The summed E-state index contributed by atoms with van der Waals surface area (Å²) in [6.45, 7) is 0. The molecule has 2 aromatic carbocycles. The number of hydrogen-bond donors (Lipinski definition) is 1. The fourth-order valence-corrected chi connectivity index (χ4v) is 5.46. The molecule has 4 heterocycles. The summed E-state index contributed by atoms with van der Waals surface area (Å²) in [5.74, 6) is 0. The molecule has 0 fully saturated rings. The molecule has 0 bridgehead atoms. The first-order valence-corrected chi connectivity index (χ1v) is 12.5. The first kappa shape index (κ1) is 22.3. The van der Waals surface area contributed by atoms with Gasteiger partial charge in [0.25, 0.3) is 0 Å². The number of rotatable bonds is 5. The van der Waals surface area contributed by atoms with Gasteiger partial charge in [-0.15, -0.1) is 0 Å². The number of halogens is 1. The number of aromatic amines is 1. The van der Waals surface area contributed by atoms with Crippen LogP contribution in [0.4, 0.5) is 0 Å². The third kappa shape index (κ3) is 4.21. The van der Waals surface area contributed by atoms with Crippen molar-refractivity contribution in [1.82, 2.24) is 18.9 Å². The van der Waals surface area contributed by atoms with Crippen molar-refractivity contribution in [2.24, 2.45) is 0 Å². The number of aromatic nitrogens is 4. The van der Waals surface area contributed by atoms with Gasteiger partial charge in [-0.2, -0.15) is 0 Å². The molecule has 5 nitrogen and oxygen atoms in total. The summed E-state index contributed by atoms with van der Waals surface area (Å²) in [5, 5.41) is 1.52. The Hall–Kier alpha value is -4.13. The zero-order valence-corrected chi connectivity index (χ0v) is 20.5. The number of hydrogen-bond acceptors (Lipinski definition) is 4. The fourth-order valence-electron chi connectivity index (χ4n) is 4.25. The van der Waals surface area contributed by atoms with E-state index in [4.69, 9.17) is 16.6 Å². The van der Waals surface area contributed by atoms with E-state index in [-0.39, 0.29) is 5.56 Å². The maximum absolute atomic E-state index is 12.7. The molecule has 174 valence electrons. The normalized spacial score (nSPS) is 11.1. The van der Waals surface area contributed by atoms with Crippen molar-refractivity contribution in [3.8, 4) is 33.6 Å². The van der Waals surface area contributed by atoms with Crippen LogP contribution in [0.1, 0.15) is 0 Å². The quantitative estimate of drug-likeness (QED) is 0.266. The van der Waals surface area contributed by atoms with Gasteiger partial charge < -0.3 is 4.98 Å². The molecule has 0 aliphatic rings. The molecule has 7 heteroatoms. The van der Waals surface area contributed by atoms with Gasteiger partial charge >= 0.3 is 0 Å². The van der Waals surface area contributed by atoms with E-state index in [2.05, 4.69) is 32.1 Å². The van der Waals surface area contributed by atoms with Crippen molar-refractivity contribution < 1.29 is 0 Å².